The van der Waals surface area contributed by atoms with Crippen LogP contribution in [0.4, 0.5) is 4.79 Å². The van der Waals surface area contributed by atoms with Crippen LogP contribution >= 0.6 is 0 Å². The summed E-state index contributed by atoms with van der Waals surface area (Å²) in [4.78, 5) is 35.9. The number of nitrogens with one attached hydrogen (secondary N) is 1. The Kier molecular flexibility index (Phi) is 4.17. The second-order valence-corrected chi connectivity index (χ2v) is 6.45. The first-order valence-electron chi connectivity index (χ1n) is 7.90. The molecule has 0 aromatic heterocycles. The van der Waals surface area contributed by atoms with Gasteiger partial charge in [-0.05, 0) is 30.5 Å². The summed E-state index contributed by atoms with van der Waals surface area (Å²) in [7, 11) is 1.34. The third kappa shape index (κ3) is 3.06. The lowest BCUT2D eigenvalue weighted by Gasteiger charge is -2.37. The van der Waals surface area contributed by atoms with Crippen LogP contribution in [0.1, 0.15) is 28.8 Å². The van der Waals surface area contributed by atoms with Gasteiger partial charge in [0.2, 0.25) is 0 Å². The van der Waals surface area contributed by atoms with E-state index in [-0.39, 0.29) is 28.9 Å². The molecule has 7 heteroatoms. The molecule has 2 N–H and O–H groups in total. The van der Waals surface area contributed by atoms with Crippen molar-refractivity contribution in [3.05, 3.63) is 35.4 Å². The van der Waals surface area contributed by atoms with Gasteiger partial charge >= 0.3 is 18.0 Å². The standard InChI is InChI=1S/C17H20N2O5/c1-24-15(22)12-8-19(9-12)16(23)18-10-17(6-7-17)13-4-2-11(3-5-13)14(20)21/h2-5,12H,6-10H2,1H3,(H,18,23)(H,20,21). The van der Waals surface area contributed by atoms with Crippen molar-refractivity contribution in [1.82, 2.24) is 10.2 Å². The Balaban J connectivity index is 1.52. The van der Waals surface area contributed by atoms with Gasteiger partial charge in [-0.15, -0.1) is 0 Å². The average Bonchev–Trinajstić information content (AvgIpc) is 3.32. The van der Waals surface area contributed by atoms with Crippen LogP contribution in [0.3, 0.4) is 0 Å². The lowest BCUT2D eigenvalue weighted by Crippen LogP contribution is -2.57. The van der Waals surface area contributed by atoms with Crippen molar-refractivity contribution in [2.24, 2.45) is 5.92 Å². The van der Waals surface area contributed by atoms with E-state index < -0.39 is 5.97 Å². The molecule has 1 aliphatic carbocycles. The molecule has 3 rings (SSSR count). The van der Waals surface area contributed by atoms with E-state index in [4.69, 9.17) is 5.11 Å². The molecule has 1 saturated heterocycles. The molecular formula is C17H20N2O5. The highest BCUT2D eigenvalue weighted by Crippen LogP contribution is 2.47. The molecular weight excluding hydrogens is 312 g/mol. The first kappa shape index (κ1) is 16.3. The van der Waals surface area contributed by atoms with Crippen LogP contribution in [-0.2, 0) is 14.9 Å². The fourth-order valence-electron chi connectivity index (χ4n) is 3.00. The first-order valence-corrected chi connectivity index (χ1v) is 7.90. The Hall–Kier alpha value is -2.57. The number of urea groups is 1. The van der Waals surface area contributed by atoms with Crippen LogP contribution in [0.2, 0.25) is 0 Å². The minimum Gasteiger partial charge on any atom is -0.478 e. The van der Waals surface area contributed by atoms with Crippen molar-refractivity contribution < 1.29 is 24.2 Å². The zero-order valence-electron chi connectivity index (χ0n) is 13.4. The van der Waals surface area contributed by atoms with Crippen molar-refractivity contribution in [1.29, 1.82) is 0 Å². The maximum Gasteiger partial charge on any atom is 0.335 e. The van der Waals surface area contributed by atoms with Gasteiger partial charge in [-0.2, -0.15) is 0 Å². The summed E-state index contributed by atoms with van der Waals surface area (Å²) in [6, 6.07) is 6.65. The fraction of sp³-hybridized carbons (Fsp3) is 0.471. The van der Waals surface area contributed by atoms with E-state index in [1.54, 1.807) is 17.0 Å². The molecule has 24 heavy (non-hydrogen) atoms. The minimum atomic E-state index is -0.947. The molecule has 7 nitrogen and oxygen atoms in total. The number of amides is 2. The maximum atomic E-state index is 12.1. The summed E-state index contributed by atoms with van der Waals surface area (Å²) in [5.41, 5.74) is 1.20. The lowest BCUT2D eigenvalue weighted by atomic mass is 9.95. The van der Waals surface area contributed by atoms with Gasteiger partial charge in [-0.3, -0.25) is 4.79 Å². The van der Waals surface area contributed by atoms with Gasteiger partial charge in [0.15, 0.2) is 0 Å². The highest BCUT2D eigenvalue weighted by molar-refractivity contribution is 5.87. The van der Waals surface area contributed by atoms with Crippen LogP contribution in [0, 0.1) is 5.92 Å². The number of esters is 1. The SMILES string of the molecule is COC(=O)C1CN(C(=O)NCC2(c3ccc(C(=O)O)cc3)CC2)C1. The highest BCUT2D eigenvalue weighted by atomic mass is 16.5. The predicted molar refractivity (Wildman–Crippen MR) is 84.8 cm³/mol. The number of carbonyl (C=O) groups is 3. The molecule has 0 bridgehead atoms. The Morgan fingerprint density at radius 2 is 1.88 bits per heavy atom. The van der Waals surface area contributed by atoms with E-state index in [1.165, 1.54) is 7.11 Å². The summed E-state index contributed by atoms with van der Waals surface area (Å²) in [5.74, 6) is -1.45. The van der Waals surface area contributed by atoms with Crippen molar-refractivity contribution in [2.45, 2.75) is 18.3 Å². The second kappa shape index (κ2) is 6.14. The number of rotatable bonds is 5. The quantitative estimate of drug-likeness (QED) is 0.791. The Labute approximate surface area is 139 Å². The monoisotopic (exact) mass is 332 g/mol. The second-order valence-electron chi connectivity index (χ2n) is 6.45. The van der Waals surface area contributed by atoms with Crippen molar-refractivity contribution in [3.63, 3.8) is 0 Å². The smallest absolute Gasteiger partial charge is 0.335 e. The number of methoxy groups -OCH3 is 1. The molecule has 0 spiro atoms. The third-order valence-electron chi connectivity index (χ3n) is 4.88. The largest absolute Gasteiger partial charge is 0.478 e. The van der Waals surface area contributed by atoms with Crippen LogP contribution in [0.5, 0.6) is 0 Å². The molecule has 1 saturated carbocycles. The Bertz CT molecular complexity index is 660. The maximum absolute atomic E-state index is 12.1. The molecule has 1 aromatic rings. The van der Waals surface area contributed by atoms with Gasteiger partial charge in [0.1, 0.15) is 0 Å². The zero-order valence-corrected chi connectivity index (χ0v) is 13.4. The first-order chi connectivity index (χ1) is 11.4. The van der Waals surface area contributed by atoms with Gasteiger partial charge in [0.25, 0.3) is 0 Å². The van der Waals surface area contributed by atoms with Crippen LogP contribution in [0.25, 0.3) is 0 Å². The minimum absolute atomic E-state index is 0.0979. The van der Waals surface area contributed by atoms with Crippen LogP contribution in [0.15, 0.2) is 24.3 Å². The molecule has 0 atom stereocenters. The van der Waals surface area contributed by atoms with Crippen LogP contribution < -0.4 is 5.32 Å². The molecule has 1 aliphatic heterocycles. The lowest BCUT2D eigenvalue weighted by molar-refractivity contribution is -0.149. The van der Waals surface area contributed by atoms with E-state index in [0.717, 1.165) is 18.4 Å². The number of ether oxygens (including phenoxy) is 1. The van der Waals surface area contributed by atoms with Crippen molar-refractivity contribution in [3.8, 4) is 0 Å². The highest BCUT2D eigenvalue weighted by Gasteiger charge is 2.45. The van der Waals surface area contributed by atoms with E-state index in [1.807, 2.05) is 12.1 Å². The fourth-order valence-corrected chi connectivity index (χ4v) is 3.00. The molecule has 1 heterocycles. The van der Waals surface area contributed by atoms with Gasteiger partial charge in [-0.25, -0.2) is 9.59 Å². The zero-order chi connectivity index (χ0) is 17.3. The number of hydrogen-bond acceptors (Lipinski definition) is 4. The number of benzene rings is 1. The average molecular weight is 332 g/mol. The normalized spacial score (nSPS) is 18.5. The van der Waals surface area contributed by atoms with E-state index in [9.17, 15) is 14.4 Å². The third-order valence-corrected chi connectivity index (χ3v) is 4.88. The number of likely N-dealkylation sites (tertiary alicyclic amines) is 1. The van der Waals surface area contributed by atoms with Gasteiger partial charge in [-0.1, -0.05) is 12.1 Å². The molecule has 0 unspecified atom stereocenters. The van der Waals surface area contributed by atoms with E-state index in [0.29, 0.717) is 19.6 Å². The summed E-state index contributed by atoms with van der Waals surface area (Å²) < 4.78 is 4.65. The number of carboxylic acids is 1. The van der Waals surface area contributed by atoms with E-state index >= 15 is 0 Å². The summed E-state index contributed by atoms with van der Waals surface area (Å²) in [6.07, 6.45) is 1.93. The molecule has 2 aliphatic rings. The number of nitrogens with zero attached hydrogens (tertiary/aromatic N) is 1. The van der Waals surface area contributed by atoms with Gasteiger partial charge < -0.3 is 20.1 Å². The summed E-state index contributed by atoms with van der Waals surface area (Å²) in [5, 5.41) is 11.9. The molecule has 0 radical (unpaired) electrons. The van der Waals surface area contributed by atoms with E-state index in [2.05, 4.69) is 10.1 Å². The van der Waals surface area contributed by atoms with Crippen LogP contribution in [-0.4, -0.2) is 54.7 Å². The molecule has 2 amide bonds. The number of hydrogen-bond donors (Lipinski definition) is 2. The summed E-state index contributed by atoms with van der Waals surface area (Å²) >= 11 is 0. The molecule has 128 valence electrons. The Morgan fingerprint density at radius 3 is 2.38 bits per heavy atom. The summed E-state index contributed by atoms with van der Waals surface area (Å²) in [6.45, 7) is 1.29. The van der Waals surface area contributed by atoms with Crippen molar-refractivity contribution in [2.75, 3.05) is 26.7 Å². The van der Waals surface area contributed by atoms with Gasteiger partial charge in [0, 0.05) is 25.0 Å². The predicted octanol–water partition coefficient (Wildman–Crippen LogP) is 1.23. The molecule has 1 aromatic carbocycles. The Morgan fingerprint density at radius 1 is 1.25 bits per heavy atom. The van der Waals surface area contributed by atoms with Crippen molar-refractivity contribution >= 4 is 18.0 Å². The number of aromatic carboxylic acids is 1. The topological polar surface area (TPSA) is 95.9 Å². The van der Waals surface area contributed by atoms with Gasteiger partial charge in [0.05, 0.1) is 18.6 Å². The number of carboxylic acid groups (broad SMARTS) is 1. The number of carbonyl (C=O) groups excluding carboxylic acids is 2. The molecule has 2 fully saturated rings.